The standard InChI is InChI=1S/C19H13FN2S/c20-16-9-7-14(8-10-16)13-3-5-15(6-4-13)17-12-18(22-21-17)19-2-1-11-23-19/h1-12H,(H,21,22). The zero-order valence-corrected chi connectivity index (χ0v) is 13.0. The molecule has 0 saturated heterocycles. The Labute approximate surface area is 137 Å². The number of nitrogens with one attached hydrogen (secondary N) is 1. The van der Waals surface area contributed by atoms with Crippen molar-refractivity contribution in [2.24, 2.45) is 0 Å². The number of thiophene rings is 1. The molecule has 0 radical (unpaired) electrons. The first-order chi connectivity index (χ1) is 11.3. The Balaban J connectivity index is 1.62. The second kappa shape index (κ2) is 5.82. The molecule has 0 aliphatic heterocycles. The summed E-state index contributed by atoms with van der Waals surface area (Å²) in [5, 5.41) is 9.52. The van der Waals surface area contributed by atoms with E-state index in [1.54, 1.807) is 23.5 Å². The fraction of sp³-hybridized carbons (Fsp3) is 0. The van der Waals surface area contributed by atoms with Gasteiger partial charge in [0.15, 0.2) is 0 Å². The topological polar surface area (TPSA) is 28.7 Å². The number of hydrogen-bond donors (Lipinski definition) is 1. The van der Waals surface area contributed by atoms with Crippen molar-refractivity contribution in [3.05, 3.63) is 77.9 Å². The Kier molecular flexibility index (Phi) is 3.52. The van der Waals surface area contributed by atoms with Gasteiger partial charge < -0.3 is 0 Å². The fourth-order valence-corrected chi connectivity index (χ4v) is 3.20. The number of aromatic amines is 1. The Hall–Kier alpha value is -2.72. The van der Waals surface area contributed by atoms with Gasteiger partial charge in [0, 0.05) is 5.56 Å². The van der Waals surface area contributed by atoms with E-state index in [2.05, 4.69) is 22.3 Å². The predicted octanol–water partition coefficient (Wildman–Crippen LogP) is 5.61. The minimum atomic E-state index is -0.219. The molecular weight excluding hydrogens is 307 g/mol. The van der Waals surface area contributed by atoms with Gasteiger partial charge in [0.1, 0.15) is 5.82 Å². The molecule has 2 heterocycles. The smallest absolute Gasteiger partial charge is 0.123 e. The maximum Gasteiger partial charge on any atom is 0.123 e. The molecule has 0 aliphatic carbocycles. The fourth-order valence-electron chi connectivity index (χ4n) is 2.50. The van der Waals surface area contributed by atoms with Crippen molar-refractivity contribution >= 4 is 11.3 Å². The lowest BCUT2D eigenvalue weighted by atomic mass is 10.0. The van der Waals surface area contributed by atoms with E-state index in [1.807, 2.05) is 35.7 Å². The van der Waals surface area contributed by atoms with Gasteiger partial charge in [0.25, 0.3) is 0 Å². The highest BCUT2D eigenvalue weighted by Crippen LogP contribution is 2.28. The summed E-state index contributed by atoms with van der Waals surface area (Å²) in [5.41, 5.74) is 5.05. The second-order valence-electron chi connectivity index (χ2n) is 5.23. The summed E-state index contributed by atoms with van der Waals surface area (Å²) in [6.07, 6.45) is 0. The van der Waals surface area contributed by atoms with Crippen molar-refractivity contribution in [2.75, 3.05) is 0 Å². The van der Waals surface area contributed by atoms with Gasteiger partial charge in [-0.1, -0.05) is 42.5 Å². The summed E-state index contributed by atoms with van der Waals surface area (Å²) in [6, 6.07) is 20.8. The van der Waals surface area contributed by atoms with E-state index in [0.29, 0.717) is 0 Å². The molecule has 2 aromatic carbocycles. The minimum Gasteiger partial charge on any atom is -0.276 e. The molecule has 0 unspecified atom stereocenters. The monoisotopic (exact) mass is 320 g/mol. The van der Waals surface area contributed by atoms with E-state index in [0.717, 1.165) is 28.1 Å². The van der Waals surface area contributed by atoms with Crippen LogP contribution in [-0.4, -0.2) is 10.2 Å². The highest BCUT2D eigenvalue weighted by atomic mass is 32.1. The van der Waals surface area contributed by atoms with Gasteiger partial charge in [0.2, 0.25) is 0 Å². The van der Waals surface area contributed by atoms with Crippen LogP contribution in [0.2, 0.25) is 0 Å². The van der Waals surface area contributed by atoms with Crippen molar-refractivity contribution < 1.29 is 4.39 Å². The molecule has 0 saturated carbocycles. The average molecular weight is 320 g/mol. The first-order valence-corrected chi connectivity index (χ1v) is 8.13. The van der Waals surface area contributed by atoms with Gasteiger partial charge in [0.05, 0.1) is 16.3 Å². The lowest BCUT2D eigenvalue weighted by Gasteiger charge is -2.03. The zero-order chi connectivity index (χ0) is 15.6. The van der Waals surface area contributed by atoms with Gasteiger partial charge in [-0.05, 0) is 40.8 Å². The van der Waals surface area contributed by atoms with Crippen LogP contribution in [0, 0.1) is 5.82 Å². The molecular formula is C19H13FN2S. The van der Waals surface area contributed by atoms with Crippen LogP contribution in [0.1, 0.15) is 0 Å². The first-order valence-electron chi connectivity index (χ1n) is 7.25. The Morgan fingerprint density at radius 3 is 2.13 bits per heavy atom. The molecule has 0 fully saturated rings. The Bertz CT molecular complexity index is 907. The third-order valence-electron chi connectivity index (χ3n) is 3.72. The minimum absolute atomic E-state index is 0.219. The largest absolute Gasteiger partial charge is 0.276 e. The molecule has 4 aromatic rings. The number of benzene rings is 2. The summed E-state index contributed by atoms with van der Waals surface area (Å²) in [6.45, 7) is 0. The van der Waals surface area contributed by atoms with Crippen LogP contribution in [0.15, 0.2) is 72.1 Å². The van der Waals surface area contributed by atoms with Crippen LogP contribution in [0.5, 0.6) is 0 Å². The lowest BCUT2D eigenvalue weighted by molar-refractivity contribution is 0.628. The number of rotatable bonds is 3. The van der Waals surface area contributed by atoms with Crippen molar-refractivity contribution in [1.82, 2.24) is 10.2 Å². The molecule has 0 aliphatic rings. The maximum atomic E-state index is 13.0. The molecule has 0 atom stereocenters. The van der Waals surface area contributed by atoms with Crippen LogP contribution in [0.25, 0.3) is 33.0 Å². The lowest BCUT2D eigenvalue weighted by Crippen LogP contribution is -1.81. The number of aromatic nitrogens is 2. The number of hydrogen-bond acceptors (Lipinski definition) is 2. The molecule has 112 valence electrons. The number of H-pyrrole nitrogens is 1. The summed E-state index contributed by atoms with van der Waals surface area (Å²) < 4.78 is 13.0. The van der Waals surface area contributed by atoms with E-state index >= 15 is 0 Å². The van der Waals surface area contributed by atoms with Crippen molar-refractivity contribution in [1.29, 1.82) is 0 Å². The molecule has 2 aromatic heterocycles. The molecule has 23 heavy (non-hydrogen) atoms. The van der Waals surface area contributed by atoms with Crippen molar-refractivity contribution in [3.63, 3.8) is 0 Å². The van der Waals surface area contributed by atoms with Crippen LogP contribution < -0.4 is 0 Å². The van der Waals surface area contributed by atoms with Crippen molar-refractivity contribution in [3.8, 4) is 33.0 Å². The Morgan fingerprint density at radius 1 is 0.826 bits per heavy atom. The predicted molar refractivity (Wildman–Crippen MR) is 92.7 cm³/mol. The highest BCUT2D eigenvalue weighted by molar-refractivity contribution is 7.13. The summed E-state index contributed by atoms with van der Waals surface area (Å²) >= 11 is 1.68. The van der Waals surface area contributed by atoms with Crippen LogP contribution in [0.4, 0.5) is 4.39 Å². The number of halogens is 1. The highest BCUT2D eigenvalue weighted by Gasteiger charge is 2.07. The van der Waals surface area contributed by atoms with E-state index in [1.165, 1.54) is 17.0 Å². The molecule has 1 N–H and O–H groups in total. The molecule has 4 rings (SSSR count). The second-order valence-corrected chi connectivity index (χ2v) is 6.18. The average Bonchev–Trinajstić information content (AvgIpc) is 3.27. The first kappa shape index (κ1) is 13.9. The van der Waals surface area contributed by atoms with Crippen LogP contribution in [-0.2, 0) is 0 Å². The van der Waals surface area contributed by atoms with E-state index in [4.69, 9.17) is 0 Å². The van der Waals surface area contributed by atoms with Gasteiger partial charge in [-0.3, -0.25) is 5.10 Å². The normalized spacial score (nSPS) is 10.8. The molecule has 0 spiro atoms. The van der Waals surface area contributed by atoms with Gasteiger partial charge in [-0.2, -0.15) is 5.10 Å². The number of nitrogens with zero attached hydrogens (tertiary/aromatic N) is 1. The third-order valence-corrected chi connectivity index (χ3v) is 4.63. The quantitative estimate of drug-likeness (QED) is 0.522. The SMILES string of the molecule is Fc1ccc(-c2ccc(-c3cc(-c4cccs4)[nH]n3)cc2)cc1. The molecule has 0 amide bonds. The van der Waals surface area contributed by atoms with Crippen molar-refractivity contribution in [2.45, 2.75) is 0 Å². The zero-order valence-electron chi connectivity index (χ0n) is 12.2. The van der Waals surface area contributed by atoms with E-state index in [9.17, 15) is 4.39 Å². The molecule has 0 bridgehead atoms. The summed E-state index contributed by atoms with van der Waals surface area (Å²) in [5.74, 6) is -0.219. The van der Waals surface area contributed by atoms with Crippen LogP contribution >= 0.6 is 11.3 Å². The third kappa shape index (κ3) is 2.81. The van der Waals surface area contributed by atoms with Gasteiger partial charge >= 0.3 is 0 Å². The van der Waals surface area contributed by atoms with Gasteiger partial charge in [-0.25, -0.2) is 4.39 Å². The van der Waals surface area contributed by atoms with Crippen LogP contribution in [0.3, 0.4) is 0 Å². The molecule has 2 nitrogen and oxygen atoms in total. The maximum absolute atomic E-state index is 13.0. The summed E-state index contributed by atoms with van der Waals surface area (Å²) in [4.78, 5) is 1.17. The van der Waals surface area contributed by atoms with Gasteiger partial charge in [-0.15, -0.1) is 11.3 Å². The summed E-state index contributed by atoms with van der Waals surface area (Å²) in [7, 11) is 0. The van der Waals surface area contributed by atoms with E-state index < -0.39 is 0 Å². The Morgan fingerprint density at radius 2 is 1.48 bits per heavy atom. The molecule has 4 heteroatoms. The van der Waals surface area contributed by atoms with E-state index in [-0.39, 0.29) is 5.82 Å².